The highest BCUT2D eigenvalue weighted by molar-refractivity contribution is 7.15. The van der Waals surface area contributed by atoms with E-state index < -0.39 is 0 Å². The van der Waals surface area contributed by atoms with Gasteiger partial charge in [-0.2, -0.15) is 0 Å². The number of thiazole rings is 1. The second-order valence-electron chi connectivity index (χ2n) is 7.73. The number of para-hydroxylation sites is 1. The van der Waals surface area contributed by atoms with Gasteiger partial charge in [0.2, 0.25) is 0 Å². The average Bonchev–Trinajstić information content (AvgIpc) is 3.45. The molecule has 1 aromatic carbocycles. The van der Waals surface area contributed by atoms with Crippen molar-refractivity contribution in [2.45, 2.75) is 20.4 Å². The van der Waals surface area contributed by atoms with Crippen LogP contribution in [0.5, 0.6) is 0 Å². The molecule has 0 aliphatic carbocycles. The Morgan fingerprint density at radius 2 is 2.06 bits per heavy atom. The van der Waals surface area contributed by atoms with E-state index in [-0.39, 0.29) is 5.91 Å². The van der Waals surface area contributed by atoms with Crippen LogP contribution < -0.4 is 10.6 Å². The Bertz CT molecular complexity index is 1210. The van der Waals surface area contributed by atoms with Crippen molar-refractivity contribution < 1.29 is 9.32 Å². The van der Waals surface area contributed by atoms with E-state index in [1.807, 2.05) is 24.3 Å². The molecule has 0 atom stereocenters. The van der Waals surface area contributed by atoms with Crippen LogP contribution in [0.1, 0.15) is 27.5 Å². The number of rotatable bonds is 5. The molecule has 0 radical (unpaired) electrons. The van der Waals surface area contributed by atoms with Gasteiger partial charge in [-0.15, -0.1) is 11.3 Å². The summed E-state index contributed by atoms with van der Waals surface area (Å²) >= 11 is 1.64. The van der Waals surface area contributed by atoms with Crippen molar-refractivity contribution in [1.29, 1.82) is 0 Å². The number of fused-ring (bicyclic) bond motifs is 1. The number of amides is 1. The number of hydrogen-bond donors (Lipinski definition) is 2. The molecule has 31 heavy (non-hydrogen) atoms. The molecule has 0 unspecified atom stereocenters. The van der Waals surface area contributed by atoms with Gasteiger partial charge in [-0.25, -0.2) is 4.98 Å². The number of benzene rings is 1. The summed E-state index contributed by atoms with van der Waals surface area (Å²) in [5, 5.41) is 12.5. The molecule has 4 heterocycles. The van der Waals surface area contributed by atoms with E-state index in [2.05, 4.69) is 36.7 Å². The van der Waals surface area contributed by atoms with Crippen molar-refractivity contribution in [3.05, 3.63) is 58.6 Å². The monoisotopic (exact) mass is 436 g/mol. The van der Waals surface area contributed by atoms with Crippen molar-refractivity contribution in [3.63, 3.8) is 0 Å². The molecule has 5 rings (SSSR count). The largest absolute Gasteiger partial charge is 0.361 e. The number of aryl methyl sites for hydroxylation is 2. The number of aromatic nitrogens is 3. The van der Waals surface area contributed by atoms with Crippen LogP contribution in [-0.2, 0) is 6.54 Å². The Hall–Kier alpha value is -3.01. The maximum atomic E-state index is 12.9. The number of nitrogens with one attached hydrogen (secondary N) is 2. The third-order valence-electron chi connectivity index (χ3n) is 5.59. The van der Waals surface area contributed by atoms with Crippen LogP contribution in [0.15, 0.2) is 40.4 Å². The van der Waals surface area contributed by atoms with Gasteiger partial charge in [-0.1, -0.05) is 23.4 Å². The Morgan fingerprint density at radius 3 is 2.84 bits per heavy atom. The molecule has 1 saturated heterocycles. The molecule has 2 N–H and O–H groups in total. The zero-order valence-electron chi connectivity index (χ0n) is 17.5. The normalized spacial score (nSPS) is 14.9. The molecule has 0 bridgehead atoms. The first-order chi connectivity index (χ1) is 15.1. The zero-order valence-corrected chi connectivity index (χ0v) is 18.3. The smallest absolute Gasteiger partial charge is 0.261 e. The second-order valence-corrected chi connectivity index (χ2v) is 8.57. The summed E-state index contributed by atoms with van der Waals surface area (Å²) in [6.45, 7) is 8.57. The molecule has 1 fully saturated rings. The summed E-state index contributed by atoms with van der Waals surface area (Å²) in [5.74, 6) is 0.275. The van der Waals surface area contributed by atoms with Gasteiger partial charge < -0.3 is 15.2 Å². The van der Waals surface area contributed by atoms with Crippen LogP contribution in [0, 0.1) is 13.8 Å². The molecule has 0 spiro atoms. The lowest BCUT2D eigenvalue weighted by molar-refractivity contribution is 0.102. The molecule has 160 valence electrons. The fourth-order valence-corrected chi connectivity index (χ4v) is 4.84. The second kappa shape index (κ2) is 8.26. The predicted octanol–water partition coefficient (Wildman–Crippen LogP) is 3.33. The Labute approximate surface area is 183 Å². The van der Waals surface area contributed by atoms with E-state index in [4.69, 9.17) is 9.51 Å². The number of hydrogen-bond acceptors (Lipinski definition) is 7. The van der Waals surface area contributed by atoms with Gasteiger partial charge in [0, 0.05) is 55.6 Å². The fraction of sp³-hybridized carbons (Fsp3) is 0.318. The molecule has 1 aliphatic heterocycles. The lowest BCUT2D eigenvalue weighted by atomic mass is 10.1. The summed E-state index contributed by atoms with van der Waals surface area (Å²) in [6.07, 6.45) is 2.06. The highest BCUT2D eigenvalue weighted by Gasteiger charge is 2.20. The van der Waals surface area contributed by atoms with Gasteiger partial charge in [-0.3, -0.25) is 14.1 Å². The minimum absolute atomic E-state index is 0.232. The molecular weight excluding hydrogens is 412 g/mol. The summed E-state index contributed by atoms with van der Waals surface area (Å²) in [6, 6.07) is 7.72. The lowest BCUT2D eigenvalue weighted by Crippen LogP contribution is -2.43. The van der Waals surface area contributed by atoms with Gasteiger partial charge in [0.15, 0.2) is 4.96 Å². The number of carbonyl (C=O) groups excluding carboxylic acids is 1. The summed E-state index contributed by atoms with van der Waals surface area (Å²) < 4.78 is 7.30. The van der Waals surface area contributed by atoms with Gasteiger partial charge in [0.25, 0.3) is 5.91 Å². The first-order valence-electron chi connectivity index (χ1n) is 10.3. The van der Waals surface area contributed by atoms with Crippen LogP contribution in [0.2, 0.25) is 0 Å². The van der Waals surface area contributed by atoms with Crippen LogP contribution >= 0.6 is 11.3 Å². The Kier molecular flexibility index (Phi) is 5.31. The van der Waals surface area contributed by atoms with Crippen molar-refractivity contribution in [2.24, 2.45) is 0 Å². The first kappa shape index (κ1) is 19.9. The van der Waals surface area contributed by atoms with E-state index in [0.29, 0.717) is 22.7 Å². The van der Waals surface area contributed by atoms with Crippen molar-refractivity contribution >= 4 is 27.9 Å². The van der Waals surface area contributed by atoms with E-state index >= 15 is 0 Å². The minimum atomic E-state index is -0.232. The number of anilines is 1. The maximum absolute atomic E-state index is 12.9. The average molecular weight is 437 g/mol. The molecule has 3 aromatic heterocycles. The zero-order chi connectivity index (χ0) is 21.4. The van der Waals surface area contributed by atoms with Gasteiger partial charge in [-0.05, 0) is 19.9 Å². The van der Waals surface area contributed by atoms with Crippen molar-refractivity contribution in [3.8, 4) is 11.3 Å². The van der Waals surface area contributed by atoms with Crippen LogP contribution in [0.3, 0.4) is 0 Å². The van der Waals surface area contributed by atoms with Crippen LogP contribution in [0.25, 0.3) is 16.2 Å². The van der Waals surface area contributed by atoms with Crippen molar-refractivity contribution in [1.82, 2.24) is 24.8 Å². The highest BCUT2D eigenvalue weighted by Crippen LogP contribution is 2.30. The quantitative estimate of drug-likeness (QED) is 0.499. The Balaban J connectivity index is 1.43. The van der Waals surface area contributed by atoms with Crippen LogP contribution in [0.4, 0.5) is 5.69 Å². The standard InChI is InChI=1S/C22H24N6O2S/c1-14-20(15(2)30-26-14)21(29)24-18-6-4-3-5-17(18)19-12-28-16(13-31-22(28)25-19)11-27-9-7-23-8-10-27/h3-6,12-13,23H,7-11H2,1-2H3,(H,24,29). The van der Waals surface area contributed by atoms with E-state index in [9.17, 15) is 4.79 Å². The molecule has 9 heteroatoms. The number of piperazine rings is 1. The maximum Gasteiger partial charge on any atom is 0.261 e. The molecule has 0 saturated carbocycles. The predicted molar refractivity (Wildman–Crippen MR) is 121 cm³/mol. The summed E-state index contributed by atoms with van der Waals surface area (Å²) in [7, 11) is 0. The highest BCUT2D eigenvalue weighted by atomic mass is 32.1. The van der Waals surface area contributed by atoms with E-state index in [0.717, 1.165) is 48.9 Å². The molecule has 1 aliphatic rings. The third-order valence-corrected chi connectivity index (χ3v) is 6.48. The van der Waals surface area contributed by atoms with Crippen LogP contribution in [-0.4, -0.2) is 51.5 Å². The lowest BCUT2D eigenvalue weighted by Gasteiger charge is -2.26. The topological polar surface area (TPSA) is 87.7 Å². The number of imidazole rings is 1. The molecular formula is C22H24N6O2S. The van der Waals surface area contributed by atoms with Gasteiger partial charge in [0.05, 0.1) is 17.1 Å². The molecule has 1 amide bonds. The number of carbonyl (C=O) groups is 1. The molecule has 4 aromatic rings. The fourth-order valence-electron chi connectivity index (χ4n) is 3.98. The molecule has 8 nitrogen and oxygen atoms in total. The van der Waals surface area contributed by atoms with E-state index in [1.54, 1.807) is 25.2 Å². The van der Waals surface area contributed by atoms with Gasteiger partial charge >= 0.3 is 0 Å². The number of nitrogens with zero attached hydrogens (tertiary/aromatic N) is 4. The van der Waals surface area contributed by atoms with Crippen molar-refractivity contribution in [2.75, 3.05) is 31.5 Å². The minimum Gasteiger partial charge on any atom is -0.361 e. The summed E-state index contributed by atoms with van der Waals surface area (Å²) in [4.78, 5) is 21.1. The SMILES string of the molecule is Cc1noc(C)c1C(=O)Nc1ccccc1-c1cn2c(CN3CCNCC3)csc2n1. The van der Waals surface area contributed by atoms with Gasteiger partial charge in [0.1, 0.15) is 11.3 Å². The third kappa shape index (κ3) is 3.87. The first-order valence-corrected chi connectivity index (χ1v) is 11.2. The Morgan fingerprint density at radius 1 is 1.26 bits per heavy atom. The summed E-state index contributed by atoms with van der Waals surface area (Å²) in [5.41, 5.74) is 4.71. The van der Waals surface area contributed by atoms with E-state index in [1.165, 1.54) is 5.69 Å².